The van der Waals surface area contributed by atoms with Crippen LogP contribution in [0.15, 0.2) is 139 Å². The number of aromatic nitrogens is 2. The summed E-state index contributed by atoms with van der Waals surface area (Å²) < 4.78 is 11.4. The highest BCUT2D eigenvalue weighted by molar-refractivity contribution is 6.17. The van der Waals surface area contributed by atoms with Gasteiger partial charge in [0.1, 0.15) is 11.2 Å². The van der Waals surface area contributed by atoms with Crippen molar-refractivity contribution in [1.82, 2.24) is 4.57 Å². The third kappa shape index (κ3) is 3.55. The highest BCUT2D eigenvalue weighted by atomic mass is 16.3. The van der Waals surface area contributed by atoms with Gasteiger partial charge in [-0.3, -0.25) is 0 Å². The van der Waals surface area contributed by atoms with Crippen LogP contribution in [0.3, 0.4) is 0 Å². The van der Waals surface area contributed by atoms with Gasteiger partial charge in [-0.25, -0.2) is 0 Å². The third-order valence-electron chi connectivity index (χ3n) is 10.3. The number of allylic oxidation sites excluding steroid dienone is 1. The van der Waals surface area contributed by atoms with E-state index >= 15 is 0 Å². The Bertz CT molecular complexity index is 2470. The van der Waals surface area contributed by atoms with Crippen LogP contribution in [0, 0.1) is 0 Å². The van der Waals surface area contributed by atoms with Crippen molar-refractivity contribution in [1.29, 1.82) is 0 Å². The Hall–Kier alpha value is -5.41. The monoisotopic (exact) mass is 581 g/mol. The first-order valence-corrected chi connectivity index (χ1v) is 15.9. The Morgan fingerprint density at radius 1 is 0.622 bits per heavy atom. The molecule has 8 aromatic rings. The van der Waals surface area contributed by atoms with E-state index in [9.17, 15) is 0 Å². The Morgan fingerprint density at radius 2 is 1.40 bits per heavy atom. The molecule has 1 aliphatic rings. The highest BCUT2D eigenvalue weighted by Gasteiger charge is 2.46. The van der Waals surface area contributed by atoms with Crippen LogP contribution in [0.2, 0.25) is 0 Å². The van der Waals surface area contributed by atoms with E-state index in [1.807, 2.05) is 6.07 Å². The van der Waals surface area contributed by atoms with E-state index in [1.165, 1.54) is 44.2 Å². The molecule has 0 unspecified atom stereocenters. The molecule has 0 saturated heterocycles. The molecule has 3 heteroatoms. The maximum Gasteiger partial charge on any atom is 0.213 e. The van der Waals surface area contributed by atoms with Gasteiger partial charge < -0.3 is 8.98 Å². The molecule has 0 spiro atoms. The first-order chi connectivity index (χ1) is 22.1. The molecule has 5 aromatic carbocycles. The molecule has 0 amide bonds. The number of rotatable bonds is 4. The number of para-hydroxylation sites is 1. The number of hydrogen-bond acceptors (Lipinski definition) is 1. The quantitative estimate of drug-likeness (QED) is 0.190. The van der Waals surface area contributed by atoms with Crippen molar-refractivity contribution < 1.29 is 8.98 Å². The molecule has 0 N–H and O–H groups in total. The summed E-state index contributed by atoms with van der Waals surface area (Å²) in [6.45, 7) is 9.23. The number of furan rings is 1. The number of pyridine rings is 1. The Labute approximate surface area is 262 Å². The third-order valence-corrected chi connectivity index (χ3v) is 10.3. The molecule has 3 nitrogen and oxygen atoms in total. The summed E-state index contributed by atoms with van der Waals surface area (Å²) in [6, 6.07) is 43.8. The summed E-state index contributed by atoms with van der Waals surface area (Å²) in [7, 11) is 0. The van der Waals surface area contributed by atoms with Crippen LogP contribution in [0.5, 0.6) is 0 Å². The first-order valence-electron chi connectivity index (χ1n) is 15.9. The Balaban J connectivity index is 1.28. The number of benzene rings is 5. The maximum absolute atomic E-state index is 6.58. The minimum atomic E-state index is -0.120. The Kier molecular flexibility index (Phi) is 5.52. The normalized spacial score (nSPS) is 14.0. The molecule has 0 saturated carbocycles. The minimum Gasteiger partial charge on any atom is -0.456 e. The van der Waals surface area contributed by atoms with Gasteiger partial charge in [-0.1, -0.05) is 81.1 Å². The zero-order valence-electron chi connectivity index (χ0n) is 25.5. The van der Waals surface area contributed by atoms with Gasteiger partial charge in [0.2, 0.25) is 5.69 Å². The molecule has 216 valence electrons. The Morgan fingerprint density at radius 3 is 2.24 bits per heavy atom. The lowest BCUT2D eigenvalue weighted by Crippen LogP contribution is -2.59. The van der Waals surface area contributed by atoms with Crippen LogP contribution in [-0.4, -0.2) is 4.57 Å². The van der Waals surface area contributed by atoms with E-state index in [2.05, 4.69) is 151 Å². The predicted octanol–water partition coefficient (Wildman–Crippen LogP) is 10.8. The fourth-order valence-electron chi connectivity index (χ4n) is 7.92. The summed E-state index contributed by atoms with van der Waals surface area (Å²) in [5.41, 5.74) is 12.4. The summed E-state index contributed by atoms with van der Waals surface area (Å²) in [6.07, 6.45) is 4.22. The largest absolute Gasteiger partial charge is 0.456 e. The van der Waals surface area contributed by atoms with Crippen LogP contribution < -0.4 is 4.57 Å². The molecule has 0 atom stereocenters. The van der Waals surface area contributed by atoms with Crippen molar-refractivity contribution in [3.63, 3.8) is 0 Å². The zero-order chi connectivity index (χ0) is 30.3. The highest BCUT2D eigenvalue weighted by Crippen LogP contribution is 2.45. The van der Waals surface area contributed by atoms with E-state index in [0.29, 0.717) is 0 Å². The van der Waals surface area contributed by atoms with Gasteiger partial charge in [0.05, 0.1) is 16.6 Å². The first kappa shape index (κ1) is 26.0. The minimum absolute atomic E-state index is 0.120. The molecule has 3 aromatic heterocycles. The van der Waals surface area contributed by atoms with Gasteiger partial charge in [0.15, 0.2) is 11.7 Å². The lowest BCUT2D eigenvalue weighted by molar-refractivity contribution is -0.741. The summed E-state index contributed by atoms with van der Waals surface area (Å²) >= 11 is 0. The lowest BCUT2D eigenvalue weighted by Gasteiger charge is -2.35. The molecule has 0 bridgehead atoms. The molecule has 0 fully saturated rings. The van der Waals surface area contributed by atoms with Crippen LogP contribution >= 0.6 is 0 Å². The van der Waals surface area contributed by atoms with Crippen LogP contribution in [0.25, 0.3) is 77.4 Å². The van der Waals surface area contributed by atoms with E-state index in [0.717, 1.165) is 51.5 Å². The standard InChI is InChI=1S/C42H33N2O/c1-4-42(5-2)27(3)31-21-19-30(24-34(31)37-16-11-12-22-43(37)42)44-38-17-10-9-15-32(38)35-25-36-33-20-18-29(28-13-7-6-8-14-28)23-40(33)45-41(36)26-39(35)44/h6-26H,3-5H2,1-2H3/q+1. The van der Waals surface area contributed by atoms with Crippen molar-refractivity contribution in [2.45, 2.75) is 32.2 Å². The van der Waals surface area contributed by atoms with Gasteiger partial charge in [0, 0.05) is 63.8 Å². The lowest BCUT2D eigenvalue weighted by atomic mass is 9.75. The van der Waals surface area contributed by atoms with Crippen molar-refractivity contribution >= 4 is 49.3 Å². The van der Waals surface area contributed by atoms with Gasteiger partial charge >= 0.3 is 0 Å². The average Bonchev–Trinajstić information content (AvgIpc) is 3.62. The second-order valence-corrected chi connectivity index (χ2v) is 12.3. The number of nitrogens with zero attached hydrogens (tertiary/aromatic N) is 2. The van der Waals surface area contributed by atoms with Crippen LogP contribution in [0.4, 0.5) is 0 Å². The predicted molar refractivity (Wildman–Crippen MR) is 187 cm³/mol. The van der Waals surface area contributed by atoms with Crippen LogP contribution in [0.1, 0.15) is 32.3 Å². The summed E-state index contributed by atoms with van der Waals surface area (Å²) in [5.74, 6) is 0. The number of hydrogen-bond donors (Lipinski definition) is 0. The fraction of sp³-hybridized carbons (Fsp3) is 0.119. The summed E-state index contributed by atoms with van der Waals surface area (Å²) in [4.78, 5) is 0. The smallest absolute Gasteiger partial charge is 0.213 e. The topological polar surface area (TPSA) is 21.9 Å². The van der Waals surface area contributed by atoms with Gasteiger partial charge in [-0.15, -0.1) is 0 Å². The van der Waals surface area contributed by atoms with E-state index in [4.69, 9.17) is 4.42 Å². The molecular formula is C42H33N2O+. The second-order valence-electron chi connectivity index (χ2n) is 12.3. The fourth-order valence-corrected chi connectivity index (χ4v) is 7.92. The molecule has 4 heterocycles. The van der Waals surface area contributed by atoms with Crippen molar-refractivity contribution in [3.05, 3.63) is 140 Å². The summed E-state index contributed by atoms with van der Waals surface area (Å²) in [5, 5.41) is 4.74. The maximum atomic E-state index is 6.58. The van der Waals surface area contributed by atoms with Crippen molar-refractivity contribution in [2.75, 3.05) is 0 Å². The molecule has 0 radical (unpaired) electrons. The van der Waals surface area contributed by atoms with E-state index < -0.39 is 0 Å². The van der Waals surface area contributed by atoms with Gasteiger partial charge in [0.25, 0.3) is 0 Å². The molecule has 0 aliphatic carbocycles. The molecule has 1 aliphatic heterocycles. The number of fused-ring (bicyclic) bond motifs is 9. The molecule has 9 rings (SSSR count). The zero-order valence-corrected chi connectivity index (χ0v) is 25.5. The van der Waals surface area contributed by atoms with Crippen molar-refractivity contribution in [2.24, 2.45) is 0 Å². The van der Waals surface area contributed by atoms with E-state index in [1.54, 1.807) is 0 Å². The van der Waals surface area contributed by atoms with Gasteiger partial charge in [-0.2, -0.15) is 4.57 Å². The van der Waals surface area contributed by atoms with Crippen LogP contribution in [-0.2, 0) is 5.54 Å². The average molecular weight is 582 g/mol. The van der Waals surface area contributed by atoms with E-state index in [-0.39, 0.29) is 5.54 Å². The van der Waals surface area contributed by atoms with Crippen molar-refractivity contribution in [3.8, 4) is 28.1 Å². The second kappa shape index (κ2) is 9.54. The SMILES string of the molecule is C=C1c2ccc(-n3c4ccccc4c4cc5c(cc43)oc3cc(-c4ccccc4)ccc35)cc2-c2cccc[n+]2C1(CC)CC. The molecular weight excluding hydrogens is 548 g/mol. The van der Waals surface area contributed by atoms with Gasteiger partial charge in [-0.05, 0) is 59.2 Å². The molecule has 45 heavy (non-hydrogen) atoms.